The molecule has 1 fully saturated rings. The third kappa shape index (κ3) is 5.84. The van der Waals surface area contributed by atoms with Crippen LogP contribution < -0.4 is 10.2 Å². The van der Waals surface area contributed by atoms with Crippen LogP contribution in [0.25, 0.3) is 0 Å². The van der Waals surface area contributed by atoms with E-state index in [1.54, 1.807) is 0 Å². The molecule has 0 bridgehead atoms. The van der Waals surface area contributed by atoms with Crippen LogP contribution in [0.1, 0.15) is 38.2 Å². The number of nitrogens with zero attached hydrogens (tertiary/aromatic N) is 1. The van der Waals surface area contributed by atoms with Gasteiger partial charge in [-0.2, -0.15) is 0 Å². The number of aliphatic hydroxyl groups is 1. The Balaban J connectivity index is 1.77. The quantitative estimate of drug-likeness (QED) is 0.683. The fourth-order valence-electron chi connectivity index (χ4n) is 2.91. The lowest BCUT2D eigenvalue weighted by Crippen LogP contribution is -2.44. The van der Waals surface area contributed by atoms with Gasteiger partial charge in [-0.1, -0.05) is 19.1 Å². The molecule has 2 rings (SSSR count). The second-order valence-electron chi connectivity index (χ2n) is 6.29. The van der Waals surface area contributed by atoms with Crippen molar-refractivity contribution < 1.29 is 15.0 Å². The van der Waals surface area contributed by atoms with E-state index in [0.717, 1.165) is 37.9 Å². The molecule has 128 valence electrons. The van der Waals surface area contributed by atoms with Gasteiger partial charge in [0.1, 0.15) is 0 Å². The van der Waals surface area contributed by atoms with Gasteiger partial charge in [-0.3, -0.25) is 4.79 Å². The number of rotatable bonds is 8. The zero-order valence-electron chi connectivity index (χ0n) is 13.9. The maximum atomic E-state index is 10.6. The zero-order valence-corrected chi connectivity index (χ0v) is 13.9. The third-order valence-electron chi connectivity index (χ3n) is 4.54. The van der Waals surface area contributed by atoms with E-state index in [1.807, 2.05) is 19.1 Å². The Bertz CT molecular complexity index is 482. The van der Waals surface area contributed by atoms with Gasteiger partial charge in [0.25, 0.3) is 0 Å². The highest BCUT2D eigenvalue weighted by molar-refractivity contribution is 5.67. The summed E-state index contributed by atoms with van der Waals surface area (Å²) in [6.45, 7) is 4.69. The van der Waals surface area contributed by atoms with Gasteiger partial charge in [-0.15, -0.1) is 0 Å². The minimum Gasteiger partial charge on any atom is -0.481 e. The number of carboxylic acids is 1. The van der Waals surface area contributed by atoms with Crippen molar-refractivity contribution >= 4 is 11.7 Å². The molecule has 1 unspecified atom stereocenters. The summed E-state index contributed by atoms with van der Waals surface area (Å²) >= 11 is 0. The first-order valence-corrected chi connectivity index (χ1v) is 8.55. The summed E-state index contributed by atoms with van der Waals surface area (Å²) in [5.74, 6) is -0.753. The summed E-state index contributed by atoms with van der Waals surface area (Å²) in [4.78, 5) is 13.0. The van der Waals surface area contributed by atoms with Crippen molar-refractivity contribution in [1.82, 2.24) is 5.32 Å². The van der Waals surface area contributed by atoms with E-state index in [4.69, 9.17) is 5.11 Å². The molecule has 23 heavy (non-hydrogen) atoms. The normalized spacial score (nSPS) is 17.2. The highest BCUT2D eigenvalue weighted by Gasteiger charge is 2.19. The Morgan fingerprint density at radius 2 is 1.96 bits per heavy atom. The summed E-state index contributed by atoms with van der Waals surface area (Å²) in [5.41, 5.74) is 2.28. The molecule has 1 aliphatic rings. The molecule has 0 aromatic heterocycles. The first kappa shape index (κ1) is 17.8. The first-order chi connectivity index (χ1) is 11.1. The summed E-state index contributed by atoms with van der Waals surface area (Å²) in [7, 11) is 0. The van der Waals surface area contributed by atoms with Gasteiger partial charge in [0.15, 0.2) is 0 Å². The smallest absolute Gasteiger partial charge is 0.303 e. The van der Waals surface area contributed by atoms with Gasteiger partial charge < -0.3 is 20.4 Å². The van der Waals surface area contributed by atoms with Crippen LogP contribution in [0.2, 0.25) is 0 Å². The molecule has 0 spiro atoms. The van der Waals surface area contributed by atoms with Crippen LogP contribution in [-0.2, 0) is 11.2 Å². The van der Waals surface area contributed by atoms with Crippen molar-refractivity contribution in [3.05, 3.63) is 29.8 Å². The predicted octanol–water partition coefficient (Wildman–Crippen LogP) is 2.03. The zero-order chi connectivity index (χ0) is 16.7. The van der Waals surface area contributed by atoms with Crippen LogP contribution in [-0.4, -0.2) is 48.0 Å². The molecule has 1 atom stereocenters. The molecule has 5 nitrogen and oxygen atoms in total. The topological polar surface area (TPSA) is 72.8 Å². The predicted molar refractivity (Wildman–Crippen MR) is 91.9 cm³/mol. The standard InChI is InChI=1S/C18H28N2O3/c1-2-17(21)13-19-15-9-11-20(12-10-15)16-6-3-14(4-7-16)5-8-18(22)23/h3-4,6-7,15,17,19,21H,2,5,8-13H2,1H3,(H,22,23). The molecule has 0 amide bonds. The fraction of sp³-hybridized carbons (Fsp3) is 0.611. The van der Waals surface area contributed by atoms with Gasteiger partial charge in [0, 0.05) is 37.8 Å². The van der Waals surface area contributed by atoms with E-state index in [-0.39, 0.29) is 12.5 Å². The van der Waals surface area contributed by atoms with Gasteiger partial charge in [-0.05, 0) is 43.4 Å². The SMILES string of the molecule is CCC(O)CNC1CCN(c2ccc(CCC(=O)O)cc2)CC1. The molecule has 1 aromatic carbocycles. The third-order valence-corrected chi connectivity index (χ3v) is 4.54. The highest BCUT2D eigenvalue weighted by atomic mass is 16.4. The lowest BCUT2D eigenvalue weighted by Gasteiger charge is -2.34. The van der Waals surface area contributed by atoms with Gasteiger partial charge in [0.05, 0.1) is 6.10 Å². The minimum absolute atomic E-state index is 0.181. The second kappa shape index (κ2) is 8.89. The number of nitrogens with one attached hydrogen (secondary N) is 1. The van der Waals surface area contributed by atoms with Crippen molar-refractivity contribution in [1.29, 1.82) is 0 Å². The van der Waals surface area contributed by atoms with E-state index >= 15 is 0 Å². The molecular weight excluding hydrogens is 292 g/mol. The van der Waals surface area contributed by atoms with Crippen molar-refractivity contribution in [2.45, 2.75) is 51.2 Å². The average molecular weight is 320 g/mol. The summed E-state index contributed by atoms with van der Waals surface area (Å²) in [6, 6.07) is 8.72. The molecule has 3 N–H and O–H groups in total. The Labute approximate surface area is 138 Å². The molecule has 1 aliphatic heterocycles. The largest absolute Gasteiger partial charge is 0.481 e. The Kier molecular flexibility index (Phi) is 6.86. The first-order valence-electron chi connectivity index (χ1n) is 8.55. The molecule has 1 heterocycles. The number of piperidine rings is 1. The maximum Gasteiger partial charge on any atom is 0.303 e. The fourth-order valence-corrected chi connectivity index (χ4v) is 2.91. The van der Waals surface area contributed by atoms with E-state index < -0.39 is 5.97 Å². The maximum absolute atomic E-state index is 10.6. The Hall–Kier alpha value is -1.59. The lowest BCUT2D eigenvalue weighted by molar-refractivity contribution is -0.136. The van der Waals surface area contributed by atoms with Crippen LogP contribution in [0.3, 0.4) is 0 Å². The Morgan fingerprint density at radius 1 is 1.30 bits per heavy atom. The molecule has 1 saturated heterocycles. The van der Waals surface area contributed by atoms with E-state index in [2.05, 4.69) is 22.3 Å². The van der Waals surface area contributed by atoms with Crippen molar-refractivity contribution in [3.8, 4) is 0 Å². The van der Waals surface area contributed by atoms with Crippen molar-refractivity contribution in [2.24, 2.45) is 0 Å². The average Bonchev–Trinajstić information content (AvgIpc) is 2.58. The van der Waals surface area contributed by atoms with E-state index in [9.17, 15) is 9.90 Å². The summed E-state index contributed by atoms with van der Waals surface area (Å²) in [6.07, 6.45) is 3.47. The summed E-state index contributed by atoms with van der Waals surface area (Å²) < 4.78 is 0. The van der Waals surface area contributed by atoms with Gasteiger partial charge >= 0.3 is 5.97 Å². The summed E-state index contributed by atoms with van der Waals surface area (Å²) in [5, 5.41) is 21.8. The number of hydrogen-bond donors (Lipinski definition) is 3. The number of carbonyl (C=O) groups is 1. The van der Waals surface area contributed by atoms with Crippen molar-refractivity contribution in [3.63, 3.8) is 0 Å². The number of anilines is 1. The van der Waals surface area contributed by atoms with Crippen LogP contribution in [0.15, 0.2) is 24.3 Å². The van der Waals surface area contributed by atoms with Crippen LogP contribution in [0.5, 0.6) is 0 Å². The lowest BCUT2D eigenvalue weighted by atomic mass is 10.0. The molecule has 0 radical (unpaired) electrons. The molecule has 1 aromatic rings. The Morgan fingerprint density at radius 3 is 2.52 bits per heavy atom. The molecule has 0 aliphatic carbocycles. The number of aliphatic hydroxyl groups excluding tert-OH is 1. The monoisotopic (exact) mass is 320 g/mol. The highest BCUT2D eigenvalue weighted by Crippen LogP contribution is 2.21. The molecular formula is C18H28N2O3. The molecule has 5 heteroatoms. The molecule has 0 saturated carbocycles. The van der Waals surface area contributed by atoms with E-state index in [1.165, 1.54) is 5.69 Å². The number of carboxylic acid groups (broad SMARTS) is 1. The second-order valence-corrected chi connectivity index (χ2v) is 6.29. The number of benzene rings is 1. The number of aliphatic carboxylic acids is 1. The number of aryl methyl sites for hydroxylation is 1. The number of hydrogen-bond acceptors (Lipinski definition) is 4. The van der Waals surface area contributed by atoms with E-state index in [0.29, 0.717) is 19.0 Å². The van der Waals surface area contributed by atoms with Crippen LogP contribution in [0.4, 0.5) is 5.69 Å². The van der Waals surface area contributed by atoms with Gasteiger partial charge in [0.2, 0.25) is 0 Å². The van der Waals surface area contributed by atoms with Crippen LogP contribution >= 0.6 is 0 Å². The van der Waals surface area contributed by atoms with Gasteiger partial charge in [-0.25, -0.2) is 0 Å². The minimum atomic E-state index is -0.753. The van der Waals surface area contributed by atoms with Crippen molar-refractivity contribution in [2.75, 3.05) is 24.5 Å². The van der Waals surface area contributed by atoms with Crippen LogP contribution in [0, 0.1) is 0 Å².